The summed E-state index contributed by atoms with van der Waals surface area (Å²) in [6, 6.07) is 7.31. The van der Waals surface area contributed by atoms with Crippen molar-refractivity contribution in [1.82, 2.24) is 20.2 Å². The van der Waals surface area contributed by atoms with Crippen LogP contribution in [0, 0.1) is 5.82 Å². The molecule has 1 aliphatic heterocycles. The van der Waals surface area contributed by atoms with E-state index in [0.717, 1.165) is 57.7 Å². The van der Waals surface area contributed by atoms with Crippen molar-refractivity contribution >= 4 is 5.82 Å². The van der Waals surface area contributed by atoms with Crippen molar-refractivity contribution < 1.29 is 4.39 Å². The minimum absolute atomic E-state index is 0.105. The lowest BCUT2D eigenvalue weighted by atomic mass is 10.1. The van der Waals surface area contributed by atoms with E-state index in [2.05, 4.69) is 32.1 Å². The molecule has 28 heavy (non-hydrogen) atoms. The second kappa shape index (κ2) is 8.41. The monoisotopic (exact) mass is 385 g/mol. The van der Waals surface area contributed by atoms with Crippen molar-refractivity contribution in [3.63, 3.8) is 0 Å². The van der Waals surface area contributed by atoms with Gasteiger partial charge in [0.25, 0.3) is 5.56 Å². The number of likely N-dealkylation sites (N-methyl/N-ethyl adjacent to an activating group) is 1. The number of aromatic nitrogens is 2. The number of nitrogens with one attached hydrogen (secondary N) is 2. The van der Waals surface area contributed by atoms with Crippen LogP contribution >= 0.6 is 0 Å². The van der Waals surface area contributed by atoms with Crippen molar-refractivity contribution in [3.05, 3.63) is 57.9 Å². The first-order valence-corrected chi connectivity index (χ1v) is 10.1. The van der Waals surface area contributed by atoms with E-state index in [1.54, 1.807) is 6.20 Å². The second-order valence-electron chi connectivity index (χ2n) is 7.89. The van der Waals surface area contributed by atoms with Gasteiger partial charge in [0.1, 0.15) is 5.82 Å². The number of aromatic amines is 1. The summed E-state index contributed by atoms with van der Waals surface area (Å²) in [5.74, 6) is 0.867. The molecule has 4 rings (SSSR count). The zero-order valence-electron chi connectivity index (χ0n) is 16.3. The molecule has 0 radical (unpaired) electrons. The summed E-state index contributed by atoms with van der Waals surface area (Å²) in [6.07, 6.45) is 4.64. The van der Waals surface area contributed by atoms with Gasteiger partial charge in [-0.3, -0.25) is 4.79 Å². The van der Waals surface area contributed by atoms with E-state index in [4.69, 9.17) is 0 Å². The van der Waals surface area contributed by atoms with Gasteiger partial charge in [0.05, 0.1) is 5.69 Å². The minimum Gasteiger partial charge on any atom is -0.349 e. The smallest absolute Gasteiger partial charge is 0.290 e. The quantitative estimate of drug-likeness (QED) is 0.711. The molecule has 1 saturated carbocycles. The number of hydrogen-bond acceptors (Lipinski definition) is 5. The van der Waals surface area contributed by atoms with Gasteiger partial charge in [-0.05, 0) is 50.6 Å². The summed E-state index contributed by atoms with van der Waals surface area (Å²) in [6.45, 7) is 4.48. The van der Waals surface area contributed by atoms with Crippen molar-refractivity contribution in [2.45, 2.75) is 31.2 Å². The van der Waals surface area contributed by atoms with Crippen LogP contribution in [0.5, 0.6) is 0 Å². The third-order valence-corrected chi connectivity index (χ3v) is 5.73. The van der Waals surface area contributed by atoms with Crippen molar-refractivity contribution in [2.24, 2.45) is 0 Å². The summed E-state index contributed by atoms with van der Waals surface area (Å²) < 4.78 is 13.0. The third kappa shape index (κ3) is 4.59. The van der Waals surface area contributed by atoms with Crippen LogP contribution in [-0.2, 0) is 6.42 Å². The average Bonchev–Trinajstić information content (AvgIpc) is 3.47. The van der Waals surface area contributed by atoms with Gasteiger partial charge in [-0.1, -0.05) is 12.1 Å². The highest BCUT2D eigenvalue weighted by Crippen LogP contribution is 2.40. The zero-order valence-corrected chi connectivity index (χ0v) is 16.3. The summed E-state index contributed by atoms with van der Waals surface area (Å²) in [4.78, 5) is 24.0. The van der Waals surface area contributed by atoms with Crippen molar-refractivity contribution in [1.29, 1.82) is 0 Å². The van der Waals surface area contributed by atoms with E-state index in [1.807, 2.05) is 12.1 Å². The van der Waals surface area contributed by atoms with Crippen molar-refractivity contribution in [3.8, 4) is 0 Å². The van der Waals surface area contributed by atoms with Gasteiger partial charge in [0.2, 0.25) is 0 Å². The maximum atomic E-state index is 13.0. The Morgan fingerprint density at radius 3 is 2.71 bits per heavy atom. The van der Waals surface area contributed by atoms with E-state index in [0.29, 0.717) is 17.8 Å². The van der Waals surface area contributed by atoms with Gasteiger partial charge in [-0.15, -0.1) is 0 Å². The molecule has 150 valence electrons. The molecule has 2 heterocycles. The Labute approximate surface area is 164 Å². The molecule has 0 spiro atoms. The van der Waals surface area contributed by atoms with Crippen LogP contribution in [0.3, 0.4) is 0 Å². The summed E-state index contributed by atoms with van der Waals surface area (Å²) in [5.41, 5.74) is 2.03. The van der Waals surface area contributed by atoms with E-state index in [9.17, 15) is 9.18 Å². The van der Waals surface area contributed by atoms with E-state index in [1.165, 1.54) is 17.7 Å². The topological polar surface area (TPSA) is 64.3 Å². The first kappa shape index (κ1) is 19.1. The first-order valence-electron chi connectivity index (χ1n) is 10.1. The Morgan fingerprint density at radius 2 is 1.96 bits per heavy atom. The van der Waals surface area contributed by atoms with Gasteiger partial charge in [-0.25, -0.2) is 9.37 Å². The van der Waals surface area contributed by atoms with E-state index >= 15 is 0 Å². The molecule has 1 aliphatic carbocycles. The number of hydrogen-bond donors (Lipinski definition) is 2. The fourth-order valence-corrected chi connectivity index (χ4v) is 3.85. The van der Waals surface area contributed by atoms with Crippen LogP contribution < -0.4 is 15.8 Å². The van der Waals surface area contributed by atoms with Gasteiger partial charge >= 0.3 is 0 Å². The summed E-state index contributed by atoms with van der Waals surface area (Å²) >= 11 is 0. The molecule has 1 aromatic carbocycles. The number of rotatable bonds is 7. The average molecular weight is 385 g/mol. The Balaban J connectivity index is 1.24. The normalized spacial score (nSPS) is 22.4. The number of benzene rings is 1. The number of piperazine rings is 1. The van der Waals surface area contributed by atoms with Crippen LogP contribution in [0.25, 0.3) is 0 Å². The molecule has 0 unspecified atom stereocenters. The number of aryl methyl sites for hydroxylation is 1. The van der Waals surface area contributed by atoms with Gasteiger partial charge < -0.3 is 20.1 Å². The second-order valence-corrected chi connectivity index (χ2v) is 7.89. The lowest BCUT2D eigenvalue weighted by Gasteiger charge is -2.32. The predicted octanol–water partition coefficient (Wildman–Crippen LogP) is 1.74. The molecule has 6 nitrogen and oxygen atoms in total. The van der Waals surface area contributed by atoms with Gasteiger partial charge in [-0.2, -0.15) is 0 Å². The highest BCUT2D eigenvalue weighted by molar-refractivity contribution is 5.37. The molecule has 2 aliphatic rings. The number of anilines is 1. The van der Waals surface area contributed by atoms with Crippen molar-refractivity contribution in [2.75, 3.05) is 44.7 Å². The van der Waals surface area contributed by atoms with Crippen LogP contribution in [0.1, 0.15) is 30.0 Å². The fraction of sp³-hybridized carbons (Fsp3) is 0.524. The lowest BCUT2D eigenvalue weighted by Crippen LogP contribution is -2.46. The molecule has 2 atom stereocenters. The maximum absolute atomic E-state index is 13.0. The molecule has 0 amide bonds. The van der Waals surface area contributed by atoms with Crippen LogP contribution in [0.4, 0.5) is 10.2 Å². The zero-order chi connectivity index (χ0) is 19.5. The molecule has 7 heteroatoms. The van der Waals surface area contributed by atoms with E-state index < -0.39 is 0 Å². The molecule has 1 aromatic heterocycles. The number of H-pyrrole nitrogens is 1. The standard InChI is InChI=1S/C21H28FN5O/c1-26-9-11-27(12-10-26)20-21(28)24-14-17(25-20)3-2-8-23-19-13-18(19)15-4-6-16(22)7-5-15/h4-7,14,18-19,23H,2-3,8-13H2,1H3,(H,24,28)/t18-,19+/m0/s1. The molecule has 0 bridgehead atoms. The SMILES string of the molecule is CN1CCN(c2nc(CCCN[C@@H]3C[C@H]3c3ccc(F)cc3)c[nH]c2=O)CC1. The summed E-state index contributed by atoms with van der Waals surface area (Å²) in [7, 11) is 2.10. The predicted molar refractivity (Wildman–Crippen MR) is 108 cm³/mol. The van der Waals surface area contributed by atoms with Gasteiger partial charge in [0.15, 0.2) is 5.82 Å². The Bertz CT molecular complexity index is 845. The Hall–Kier alpha value is -2.25. The van der Waals surface area contributed by atoms with Crippen LogP contribution in [-0.4, -0.2) is 60.7 Å². The minimum atomic E-state index is -0.182. The van der Waals surface area contributed by atoms with Gasteiger partial charge in [0, 0.05) is 44.3 Å². The van der Waals surface area contributed by atoms with Crippen LogP contribution in [0.2, 0.25) is 0 Å². The first-order chi connectivity index (χ1) is 13.6. The maximum Gasteiger partial charge on any atom is 0.290 e. The number of nitrogens with zero attached hydrogens (tertiary/aromatic N) is 3. The molecule has 2 N–H and O–H groups in total. The molecular weight excluding hydrogens is 357 g/mol. The molecule has 1 saturated heterocycles. The highest BCUT2D eigenvalue weighted by Gasteiger charge is 2.37. The molecule has 2 aromatic rings. The number of halogens is 1. The molecular formula is C21H28FN5O. The molecule has 2 fully saturated rings. The van der Waals surface area contributed by atoms with E-state index in [-0.39, 0.29) is 11.4 Å². The fourth-order valence-electron chi connectivity index (χ4n) is 3.85. The Morgan fingerprint density at radius 1 is 1.21 bits per heavy atom. The largest absolute Gasteiger partial charge is 0.349 e. The van der Waals surface area contributed by atoms with Crippen LogP contribution in [0.15, 0.2) is 35.3 Å². The lowest BCUT2D eigenvalue weighted by molar-refractivity contribution is 0.311. The third-order valence-electron chi connectivity index (χ3n) is 5.73. The summed E-state index contributed by atoms with van der Waals surface area (Å²) in [5, 5.41) is 3.57. The Kier molecular flexibility index (Phi) is 5.73. The highest BCUT2D eigenvalue weighted by atomic mass is 19.1.